The summed E-state index contributed by atoms with van der Waals surface area (Å²) in [7, 11) is 1.51. The fourth-order valence-electron chi connectivity index (χ4n) is 2.54. The number of benzene rings is 2. The molecular formula is C20H16ClN3O6. The first-order valence-corrected chi connectivity index (χ1v) is 8.96. The maximum absolute atomic E-state index is 11.7. The summed E-state index contributed by atoms with van der Waals surface area (Å²) in [5.74, 6) is 0.0280. The number of aromatic nitrogens is 2. The molecule has 1 heterocycles. The lowest BCUT2D eigenvalue weighted by atomic mass is 10.2. The zero-order chi connectivity index (χ0) is 21.7. The molecule has 0 amide bonds. The van der Waals surface area contributed by atoms with E-state index in [2.05, 4.69) is 9.97 Å². The quantitative estimate of drug-likeness (QED) is 0.432. The lowest BCUT2D eigenvalue weighted by Gasteiger charge is -2.11. The summed E-state index contributed by atoms with van der Waals surface area (Å²) in [5, 5.41) is 20.9. The van der Waals surface area contributed by atoms with Gasteiger partial charge in [0.05, 0.1) is 12.0 Å². The highest BCUT2D eigenvalue weighted by atomic mass is 35.5. The first kappa shape index (κ1) is 20.9. The van der Waals surface area contributed by atoms with Crippen molar-refractivity contribution in [2.24, 2.45) is 0 Å². The summed E-state index contributed by atoms with van der Waals surface area (Å²) in [6.07, 6.45) is 2.99. The zero-order valence-electron chi connectivity index (χ0n) is 15.7. The van der Waals surface area contributed by atoms with Crippen LogP contribution >= 0.6 is 11.6 Å². The van der Waals surface area contributed by atoms with E-state index >= 15 is 0 Å². The first-order valence-electron chi connectivity index (χ1n) is 8.58. The van der Waals surface area contributed by atoms with Crippen LogP contribution in [0.4, 0.5) is 5.69 Å². The first-order chi connectivity index (χ1) is 14.4. The Balaban J connectivity index is 1.76. The Morgan fingerprint density at radius 2 is 1.93 bits per heavy atom. The lowest BCUT2D eigenvalue weighted by Crippen LogP contribution is -2.14. The summed E-state index contributed by atoms with van der Waals surface area (Å²) in [6.45, 7) is 0.329. The molecule has 0 saturated carbocycles. The van der Waals surface area contributed by atoms with E-state index in [9.17, 15) is 20.0 Å². The van der Waals surface area contributed by atoms with Crippen molar-refractivity contribution in [3.05, 3.63) is 84.9 Å². The third-order valence-corrected chi connectivity index (χ3v) is 4.26. The molecule has 0 fully saturated rings. The van der Waals surface area contributed by atoms with Gasteiger partial charge in [-0.05, 0) is 41.5 Å². The molecular weight excluding hydrogens is 414 g/mol. The number of rotatable bonds is 7. The van der Waals surface area contributed by atoms with Gasteiger partial charge in [0, 0.05) is 5.02 Å². The summed E-state index contributed by atoms with van der Waals surface area (Å²) < 4.78 is 11.1. The Morgan fingerprint density at radius 1 is 1.20 bits per heavy atom. The molecule has 0 aliphatic rings. The maximum atomic E-state index is 11.7. The topological polar surface area (TPSA) is 128 Å². The monoisotopic (exact) mass is 429 g/mol. The second-order valence-electron chi connectivity index (χ2n) is 6.04. The molecule has 10 heteroatoms. The van der Waals surface area contributed by atoms with Crippen LogP contribution in [0.1, 0.15) is 17.0 Å². The number of nitro groups is 1. The van der Waals surface area contributed by atoms with Crippen molar-refractivity contribution in [3.63, 3.8) is 0 Å². The Bertz CT molecular complexity index is 1160. The average molecular weight is 430 g/mol. The summed E-state index contributed by atoms with van der Waals surface area (Å²) in [6, 6.07) is 12.5. The Morgan fingerprint density at radius 3 is 2.57 bits per heavy atom. The van der Waals surface area contributed by atoms with Gasteiger partial charge < -0.3 is 19.6 Å². The SMILES string of the molecule is COc1cc(/C=C\c2nc(O)c([N+](=O)[O-])c(=O)[nH]2)ccc1OCc1ccc(Cl)cc1. The van der Waals surface area contributed by atoms with E-state index in [-0.39, 0.29) is 5.82 Å². The summed E-state index contributed by atoms with van der Waals surface area (Å²) >= 11 is 5.87. The number of hydrogen-bond acceptors (Lipinski definition) is 7. The van der Waals surface area contributed by atoms with Gasteiger partial charge in [0.25, 0.3) is 5.88 Å². The van der Waals surface area contributed by atoms with Crippen molar-refractivity contribution >= 4 is 29.4 Å². The molecule has 9 nitrogen and oxygen atoms in total. The number of hydrogen-bond donors (Lipinski definition) is 2. The normalized spacial score (nSPS) is 10.9. The van der Waals surface area contributed by atoms with Crippen LogP contribution in [0, 0.1) is 10.1 Å². The third-order valence-electron chi connectivity index (χ3n) is 4.01. The van der Waals surface area contributed by atoms with Gasteiger partial charge >= 0.3 is 11.2 Å². The van der Waals surface area contributed by atoms with Gasteiger partial charge in [0.1, 0.15) is 12.4 Å². The van der Waals surface area contributed by atoms with Crippen LogP contribution in [0.25, 0.3) is 12.2 Å². The van der Waals surface area contributed by atoms with Gasteiger partial charge in [-0.1, -0.05) is 35.9 Å². The molecule has 0 unspecified atom stereocenters. The Labute approximate surface area is 175 Å². The van der Waals surface area contributed by atoms with Crippen molar-refractivity contribution in [2.75, 3.05) is 7.11 Å². The number of nitrogens with one attached hydrogen (secondary N) is 1. The molecule has 0 aliphatic heterocycles. The van der Waals surface area contributed by atoms with Gasteiger partial charge in [-0.2, -0.15) is 4.98 Å². The predicted molar refractivity (Wildman–Crippen MR) is 111 cm³/mol. The zero-order valence-corrected chi connectivity index (χ0v) is 16.4. The van der Waals surface area contributed by atoms with E-state index in [1.807, 2.05) is 12.1 Å². The largest absolute Gasteiger partial charge is 0.493 e. The van der Waals surface area contributed by atoms with E-state index in [4.69, 9.17) is 21.1 Å². The van der Waals surface area contributed by atoms with Crippen molar-refractivity contribution in [1.29, 1.82) is 0 Å². The van der Waals surface area contributed by atoms with Crippen molar-refractivity contribution < 1.29 is 19.5 Å². The van der Waals surface area contributed by atoms with Gasteiger partial charge in [-0.3, -0.25) is 14.9 Å². The fraction of sp³-hybridized carbons (Fsp3) is 0.100. The van der Waals surface area contributed by atoms with Gasteiger partial charge in [-0.25, -0.2) is 0 Å². The molecule has 0 atom stereocenters. The molecule has 0 radical (unpaired) electrons. The van der Waals surface area contributed by atoms with Crippen LogP contribution in [0.5, 0.6) is 17.4 Å². The minimum Gasteiger partial charge on any atom is -0.493 e. The number of aromatic amines is 1. The predicted octanol–water partition coefficient (Wildman–Crippen LogP) is 3.80. The van der Waals surface area contributed by atoms with Crippen LogP contribution < -0.4 is 15.0 Å². The highest BCUT2D eigenvalue weighted by Gasteiger charge is 2.21. The second kappa shape index (κ2) is 9.10. The average Bonchev–Trinajstić information content (AvgIpc) is 2.71. The molecule has 0 aliphatic carbocycles. The third kappa shape index (κ3) is 4.95. The number of aromatic hydroxyl groups is 1. The smallest absolute Gasteiger partial charge is 0.395 e. The minimum absolute atomic E-state index is 0.0369. The molecule has 0 spiro atoms. The fourth-order valence-corrected chi connectivity index (χ4v) is 2.67. The highest BCUT2D eigenvalue weighted by Crippen LogP contribution is 2.29. The van der Waals surface area contributed by atoms with Gasteiger partial charge in [-0.15, -0.1) is 0 Å². The molecule has 0 bridgehead atoms. The molecule has 1 aromatic heterocycles. The molecule has 0 saturated heterocycles. The molecule has 30 heavy (non-hydrogen) atoms. The van der Waals surface area contributed by atoms with Gasteiger partial charge in [0.15, 0.2) is 11.5 Å². The number of halogens is 1. The van der Waals surface area contributed by atoms with Crippen LogP contribution in [0.15, 0.2) is 47.3 Å². The summed E-state index contributed by atoms with van der Waals surface area (Å²) in [5.41, 5.74) is -0.420. The molecule has 2 aromatic carbocycles. The Hall–Kier alpha value is -3.85. The highest BCUT2D eigenvalue weighted by molar-refractivity contribution is 6.30. The molecule has 154 valence electrons. The van der Waals surface area contributed by atoms with Crippen LogP contribution in [0.3, 0.4) is 0 Å². The van der Waals surface area contributed by atoms with E-state index in [1.54, 1.807) is 36.4 Å². The maximum Gasteiger partial charge on any atom is 0.395 e. The van der Waals surface area contributed by atoms with Crippen molar-refractivity contribution in [1.82, 2.24) is 9.97 Å². The number of ether oxygens (including phenoxy) is 2. The number of H-pyrrole nitrogens is 1. The van der Waals surface area contributed by atoms with Crippen LogP contribution in [0.2, 0.25) is 5.02 Å². The molecule has 2 N–H and O–H groups in total. The lowest BCUT2D eigenvalue weighted by molar-refractivity contribution is -0.387. The van der Waals surface area contributed by atoms with Crippen molar-refractivity contribution in [2.45, 2.75) is 6.61 Å². The van der Waals surface area contributed by atoms with Crippen molar-refractivity contribution in [3.8, 4) is 17.4 Å². The van der Waals surface area contributed by atoms with E-state index in [0.717, 1.165) is 5.56 Å². The standard InChI is InChI=1S/C20H16ClN3O6/c1-29-16-10-12(4-8-15(16)30-11-13-2-6-14(21)7-3-13)5-9-17-22-19(25)18(24(27)28)20(26)23-17/h2-10H,11H2,1H3,(H2,22,23,25,26)/b9-5-. The van der Waals surface area contributed by atoms with E-state index < -0.39 is 22.0 Å². The van der Waals surface area contributed by atoms with E-state index in [1.165, 1.54) is 13.2 Å². The molecule has 3 aromatic rings. The summed E-state index contributed by atoms with van der Waals surface area (Å²) in [4.78, 5) is 27.3. The molecule has 3 rings (SSSR count). The second-order valence-corrected chi connectivity index (χ2v) is 6.48. The van der Waals surface area contributed by atoms with Gasteiger partial charge in [0.2, 0.25) is 0 Å². The minimum atomic E-state index is -1.05. The number of methoxy groups -OCH3 is 1. The Kier molecular flexibility index (Phi) is 6.33. The van der Waals surface area contributed by atoms with E-state index in [0.29, 0.717) is 28.7 Å². The number of nitrogens with zero attached hydrogens (tertiary/aromatic N) is 2. The van der Waals surface area contributed by atoms with Crippen LogP contribution in [-0.4, -0.2) is 27.1 Å². The van der Waals surface area contributed by atoms with Crippen LogP contribution in [-0.2, 0) is 6.61 Å².